The van der Waals surface area contributed by atoms with Crippen LogP contribution in [0.2, 0.25) is 0 Å². The average molecular weight is 488 g/mol. The van der Waals surface area contributed by atoms with Gasteiger partial charge in [-0.15, -0.1) is 0 Å². The van der Waals surface area contributed by atoms with Crippen LogP contribution >= 0.6 is 7.26 Å². The van der Waals surface area contributed by atoms with Crippen LogP contribution in [0.25, 0.3) is 0 Å². The van der Waals surface area contributed by atoms with Crippen molar-refractivity contribution < 1.29 is 0 Å². The third kappa shape index (κ3) is 8.34. The molecule has 1 aromatic rings. The Hall–Kier alpha value is -0.390. The summed E-state index contributed by atoms with van der Waals surface area (Å²) in [6.07, 6.45) is 28.0. The maximum absolute atomic E-state index is 4.35. The molecule has 0 bridgehead atoms. The molecule has 0 heterocycles. The molecule has 2 aliphatic carbocycles. The van der Waals surface area contributed by atoms with Crippen LogP contribution < -0.4 is 5.32 Å². The van der Waals surface area contributed by atoms with Crippen molar-refractivity contribution in [3.05, 3.63) is 35.9 Å². The Labute approximate surface area is 214 Å². The second-order valence-electron chi connectivity index (χ2n) is 12.2. The number of rotatable bonds is 15. The van der Waals surface area contributed by atoms with Gasteiger partial charge in [0.15, 0.2) is 0 Å². The van der Waals surface area contributed by atoms with Gasteiger partial charge in [-0.3, -0.25) is 0 Å². The van der Waals surface area contributed by atoms with Crippen molar-refractivity contribution in [3.63, 3.8) is 0 Å². The summed E-state index contributed by atoms with van der Waals surface area (Å²) >= 11 is 0. The molecular formula is C32H58NP. The van der Waals surface area contributed by atoms with E-state index >= 15 is 0 Å². The summed E-state index contributed by atoms with van der Waals surface area (Å²) in [5, 5.41) is 4.35. The average Bonchev–Trinajstić information content (AvgIpc) is 2.90. The zero-order valence-corrected chi connectivity index (χ0v) is 24.1. The first-order chi connectivity index (χ1) is 16.7. The Kier molecular flexibility index (Phi) is 13.0. The van der Waals surface area contributed by atoms with Crippen molar-refractivity contribution in [3.8, 4) is 0 Å². The van der Waals surface area contributed by atoms with Crippen molar-refractivity contribution >= 4 is 7.26 Å². The van der Waals surface area contributed by atoms with Crippen molar-refractivity contribution in [2.24, 2.45) is 0 Å². The molecule has 0 amide bonds. The Morgan fingerprint density at radius 1 is 0.735 bits per heavy atom. The molecule has 0 saturated heterocycles. The van der Waals surface area contributed by atoms with E-state index in [0.29, 0.717) is 6.04 Å². The quantitative estimate of drug-likeness (QED) is 0.192. The summed E-state index contributed by atoms with van der Waals surface area (Å²) in [7, 11) is -1.47. The molecular weight excluding hydrogens is 429 g/mol. The third-order valence-electron chi connectivity index (χ3n) is 9.82. The predicted molar refractivity (Wildman–Crippen MR) is 157 cm³/mol. The van der Waals surface area contributed by atoms with Gasteiger partial charge in [-0.25, -0.2) is 0 Å². The van der Waals surface area contributed by atoms with Gasteiger partial charge in [-0.05, 0) is 0 Å². The molecule has 2 heteroatoms. The Balaban J connectivity index is 1.71. The summed E-state index contributed by atoms with van der Waals surface area (Å²) in [6.45, 7) is 7.65. The molecule has 1 nitrogen and oxygen atoms in total. The summed E-state index contributed by atoms with van der Waals surface area (Å²) in [5.41, 5.74) is 3.59. The number of nitrogens with one attached hydrogen (secondary N) is 1. The SMILES string of the molecule is CCCCCCCCCCC(NC(C)c1ccccc1)[PH](C)(C1CCCCC1)C1CCCCC1. The van der Waals surface area contributed by atoms with Crippen molar-refractivity contribution in [2.75, 3.05) is 6.66 Å². The third-order valence-corrected chi connectivity index (χ3v) is 16.4. The van der Waals surface area contributed by atoms with Crippen LogP contribution in [-0.4, -0.2) is 23.8 Å². The van der Waals surface area contributed by atoms with E-state index in [1.807, 2.05) is 0 Å². The van der Waals surface area contributed by atoms with Gasteiger partial charge in [-0.2, -0.15) is 0 Å². The van der Waals surface area contributed by atoms with Crippen molar-refractivity contribution in [1.29, 1.82) is 0 Å². The van der Waals surface area contributed by atoms with E-state index in [2.05, 4.69) is 56.2 Å². The molecule has 1 N–H and O–H groups in total. The van der Waals surface area contributed by atoms with E-state index in [1.165, 1.54) is 128 Å². The Bertz CT molecular complexity index is 614. The summed E-state index contributed by atoms with van der Waals surface area (Å²) in [6, 6.07) is 11.8. The molecule has 2 atom stereocenters. The molecule has 196 valence electrons. The number of hydrogen-bond acceptors (Lipinski definition) is 1. The minimum absolute atomic E-state index is 0.472. The van der Waals surface area contributed by atoms with E-state index in [0.717, 1.165) is 17.1 Å². The molecule has 0 spiro atoms. The fourth-order valence-electron chi connectivity index (χ4n) is 7.55. The Morgan fingerprint density at radius 2 is 1.24 bits per heavy atom. The van der Waals surface area contributed by atoms with Crippen LogP contribution in [0.15, 0.2) is 30.3 Å². The monoisotopic (exact) mass is 487 g/mol. The van der Waals surface area contributed by atoms with Gasteiger partial charge in [0.1, 0.15) is 0 Å². The fourth-order valence-corrected chi connectivity index (χ4v) is 14.1. The van der Waals surface area contributed by atoms with Crippen molar-refractivity contribution in [2.45, 2.75) is 159 Å². The normalized spacial score (nSPS) is 20.8. The summed E-state index contributed by atoms with van der Waals surface area (Å²) < 4.78 is 0. The molecule has 2 unspecified atom stereocenters. The zero-order chi connectivity index (χ0) is 24.1. The minimum atomic E-state index is -1.47. The van der Waals surface area contributed by atoms with E-state index in [4.69, 9.17) is 0 Å². The van der Waals surface area contributed by atoms with Gasteiger partial charge >= 0.3 is 214 Å². The van der Waals surface area contributed by atoms with E-state index in [-0.39, 0.29) is 0 Å². The van der Waals surface area contributed by atoms with Gasteiger partial charge in [0.25, 0.3) is 0 Å². The van der Waals surface area contributed by atoms with Crippen LogP contribution in [0.5, 0.6) is 0 Å². The molecule has 2 saturated carbocycles. The topological polar surface area (TPSA) is 12.0 Å². The number of hydrogen-bond donors (Lipinski definition) is 1. The van der Waals surface area contributed by atoms with Crippen LogP contribution in [0.1, 0.15) is 147 Å². The molecule has 0 aliphatic heterocycles. The van der Waals surface area contributed by atoms with Crippen molar-refractivity contribution in [1.82, 2.24) is 5.32 Å². The second-order valence-corrected chi connectivity index (χ2v) is 17.2. The van der Waals surface area contributed by atoms with Crippen LogP contribution in [0.3, 0.4) is 0 Å². The number of unbranched alkanes of at least 4 members (excludes halogenated alkanes) is 7. The number of benzene rings is 1. The first-order valence-electron chi connectivity index (χ1n) is 15.5. The maximum atomic E-state index is 4.35. The molecule has 2 fully saturated rings. The first-order valence-corrected chi connectivity index (χ1v) is 18.2. The van der Waals surface area contributed by atoms with Crippen LogP contribution in [0, 0.1) is 0 Å². The molecule has 0 radical (unpaired) electrons. The molecule has 1 aromatic carbocycles. The van der Waals surface area contributed by atoms with Gasteiger partial charge in [0.05, 0.1) is 0 Å². The molecule has 2 aliphatic rings. The fraction of sp³-hybridized carbons (Fsp3) is 0.812. The summed E-state index contributed by atoms with van der Waals surface area (Å²) in [4.78, 5) is 0. The van der Waals surface area contributed by atoms with E-state index in [9.17, 15) is 0 Å². The van der Waals surface area contributed by atoms with Gasteiger partial charge < -0.3 is 0 Å². The first kappa shape index (κ1) is 28.2. The summed E-state index contributed by atoms with van der Waals surface area (Å²) in [5.74, 6) is 0.786. The van der Waals surface area contributed by atoms with E-state index in [1.54, 1.807) is 0 Å². The molecule has 34 heavy (non-hydrogen) atoms. The Morgan fingerprint density at radius 3 is 1.76 bits per heavy atom. The zero-order valence-electron chi connectivity index (χ0n) is 23.1. The molecule has 3 rings (SSSR count). The van der Waals surface area contributed by atoms with Gasteiger partial charge in [0.2, 0.25) is 0 Å². The second kappa shape index (κ2) is 15.7. The van der Waals surface area contributed by atoms with Crippen LogP contribution in [0.4, 0.5) is 0 Å². The van der Waals surface area contributed by atoms with Gasteiger partial charge in [0, 0.05) is 0 Å². The molecule has 0 aromatic heterocycles. The predicted octanol–water partition coefficient (Wildman–Crippen LogP) is 10.2. The van der Waals surface area contributed by atoms with E-state index < -0.39 is 7.26 Å². The standard InChI is InChI=1S/C32H58NP/c1-4-5-6-7-8-9-10-20-27-32(33-28(2)29-21-14-11-15-22-29)34(3,30-23-16-12-17-24-30)31-25-18-13-19-26-31/h11,14-15,21-22,28,30-34H,4-10,12-13,16-20,23-27H2,1-3H3. The van der Waals surface area contributed by atoms with Crippen LogP contribution in [-0.2, 0) is 0 Å². The van der Waals surface area contributed by atoms with Gasteiger partial charge in [-0.1, -0.05) is 0 Å².